The zero-order valence-corrected chi connectivity index (χ0v) is 20.1. The molecule has 0 bridgehead atoms. The van der Waals surface area contributed by atoms with Gasteiger partial charge in [-0.25, -0.2) is 0 Å². The van der Waals surface area contributed by atoms with Gasteiger partial charge in [-0.2, -0.15) is 18.2 Å². The number of amidine groups is 2. The first-order chi connectivity index (χ1) is 16.1. The second-order valence-corrected chi connectivity index (χ2v) is 9.30. The van der Waals surface area contributed by atoms with Crippen LogP contribution in [-0.4, -0.2) is 35.0 Å². The molecule has 2 aliphatic heterocycles. The molecule has 4 rings (SSSR count). The number of ether oxygens (including phenoxy) is 2. The molecule has 0 fully saturated rings. The summed E-state index contributed by atoms with van der Waals surface area (Å²) in [4.78, 5) is 19.0. The average Bonchev–Trinajstić information content (AvgIpc) is 3.15. The van der Waals surface area contributed by atoms with Crippen molar-refractivity contribution in [1.82, 2.24) is 4.90 Å². The van der Waals surface area contributed by atoms with E-state index in [1.165, 1.54) is 23.9 Å². The smallest absolute Gasteiger partial charge is 0.416 e. The molecule has 0 atom stereocenters. The van der Waals surface area contributed by atoms with Crippen molar-refractivity contribution in [2.24, 2.45) is 4.99 Å². The van der Waals surface area contributed by atoms with E-state index in [4.69, 9.17) is 14.9 Å². The Balaban J connectivity index is 1.38. The molecule has 2 aromatic carbocycles. The summed E-state index contributed by atoms with van der Waals surface area (Å²) in [5, 5.41) is 8.83. The molecule has 1 amide bonds. The normalized spacial score (nSPS) is 17.0. The van der Waals surface area contributed by atoms with E-state index in [0.29, 0.717) is 21.0 Å². The predicted octanol–water partition coefficient (Wildman–Crippen LogP) is 6.09. The molecular weight excluding hydrogens is 535 g/mol. The van der Waals surface area contributed by atoms with Gasteiger partial charge < -0.3 is 9.47 Å². The van der Waals surface area contributed by atoms with Gasteiger partial charge in [-0.1, -0.05) is 23.9 Å². The van der Waals surface area contributed by atoms with E-state index in [1.54, 1.807) is 35.4 Å². The molecule has 0 saturated carbocycles. The summed E-state index contributed by atoms with van der Waals surface area (Å²) in [7, 11) is 0. The van der Waals surface area contributed by atoms with Crippen LogP contribution in [0.3, 0.4) is 0 Å². The second-order valence-electron chi connectivity index (χ2n) is 7.23. The number of carbonyl (C=O) groups is 1. The number of hydrogen-bond acceptors (Lipinski definition) is 5. The molecular formula is C23H17BrF3N3O3S. The minimum atomic E-state index is -4.43. The molecule has 0 aliphatic carbocycles. The highest BCUT2D eigenvalue weighted by atomic mass is 79.9. The van der Waals surface area contributed by atoms with Crippen LogP contribution in [0.5, 0.6) is 11.5 Å². The molecule has 34 heavy (non-hydrogen) atoms. The zero-order chi connectivity index (χ0) is 24.5. The molecule has 2 heterocycles. The summed E-state index contributed by atoms with van der Waals surface area (Å²) in [5.74, 6) is 0.179. The predicted molar refractivity (Wildman–Crippen MR) is 128 cm³/mol. The van der Waals surface area contributed by atoms with Crippen molar-refractivity contribution in [2.45, 2.75) is 13.1 Å². The number of nitrogens with one attached hydrogen (secondary N) is 1. The van der Waals surface area contributed by atoms with Crippen molar-refractivity contribution < 1.29 is 27.4 Å². The zero-order valence-electron chi connectivity index (χ0n) is 17.6. The van der Waals surface area contributed by atoms with Crippen molar-refractivity contribution >= 4 is 50.7 Å². The van der Waals surface area contributed by atoms with Crippen LogP contribution in [0.1, 0.15) is 18.1 Å². The van der Waals surface area contributed by atoms with Crippen LogP contribution < -0.4 is 9.47 Å². The van der Waals surface area contributed by atoms with E-state index >= 15 is 0 Å². The first kappa shape index (κ1) is 24.1. The van der Waals surface area contributed by atoms with Crippen LogP contribution in [0.2, 0.25) is 0 Å². The maximum atomic E-state index is 12.8. The van der Waals surface area contributed by atoms with Crippen LogP contribution >= 0.6 is 27.7 Å². The van der Waals surface area contributed by atoms with E-state index in [2.05, 4.69) is 20.9 Å². The van der Waals surface area contributed by atoms with E-state index in [0.717, 1.165) is 17.0 Å². The summed E-state index contributed by atoms with van der Waals surface area (Å²) in [6.45, 7) is 2.04. The van der Waals surface area contributed by atoms with Gasteiger partial charge in [0.2, 0.25) is 0 Å². The highest BCUT2D eigenvalue weighted by Gasteiger charge is 2.33. The maximum absolute atomic E-state index is 12.8. The fourth-order valence-electron chi connectivity index (χ4n) is 3.17. The summed E-state index contributed by atoms with van der Waals surface area (Å²) in [6.07, 6.45) is -1.08. The van der Waals surface area contributed by atoms with Crippen LogP contribution in [-0.2, 0) is 11.0 Å². The van der Waals surface area contributed by atoms with Gasteiger partial charge >= 0.3 is 6.18 Å². The van der Waals surface area contributed by atoms with Gasteiger partial charge in [-0.3, -0.25) is 15.1 Å². The number of alkyl halides is 3. The van der Waals surface area contributed by atoms with Crippen LogP contribution in [0.4, 0.5) is 13.2 Å². The van der Waals surface area contributed by atoms with Crippen LogP contribution in [0.15, 0.2) is 68.6 Å². The van der Waals surface area contributed by atoms with Gasteiger partial charge in [-0.05, 0) is 64.8 Å². The standard InChI is InChI=1S/C23H17BrF3N3O3S/c1-13-12-30-20(28)17(21(31)29-22(30)34-13)9-14-5-6-19(18(24)10-14)33-8-7-32-16-4-2-3-15(11-16)23(25,26)27/h2-6,9-12,28H,7-8H2,1H3/b17-9+,28-20?. The number of hydrogen-bond donors (Lipinski definition) is 1. The molecule has 2 aliphatic rings. The van der Waals surface area contributed by atoms with Crippen molar-refractivity contribution in [3.63, 3.8) is 0 Å². The number of halogens is 4. The molecule has 1 N–H and O–H groups in total. The second kappa shape index (κ2) is 9.67. The molecule has 0 unspecified atom stereocenters. The van der Waals surface area contributed by atoms with Gasteiger partial charge in [0.1, 0.15) is 30.5 Å². The molecule has 0 radical (unpaired) electrons. The number of thioether (sulfide) groups is 1. The summed E-state index contributed by atoms with van der Waals surface area (Å²) >= 11 is 4.76. The van der Waals surface area contributed by atoms with Crippen molar-refractivity contribution in [1.29, 1.82) is 5.41 Å². The fourth-order valence-corrected chi connectivity index (χ4v) is 4.49. The van der Waals surface area contributed by atoms with E-state index in [9.17, 15) is 18.0 Å². The number of rotatable bonds is 6. The number of fused-ring (bicyclic) bond motifs is 1. The minimum Gasteiger partial charge on any atom is -0.490 e. The van der Waals surface area contributed by atoms with Gasteiger partial charge in [-0.15, -0.1) is 0 Å². The monoisotopic (exact) mass is 551 g/mol. The first-order valence-corrected chi connectivity index (χ1v) is 11.5. The van der Waals surface area contributed by atoms with Gasteiger partial charge in [0.25, 0.3) is 5.91 Å². The number of benzene rings is 2. The van der Waals surface area contributed by atoms with Crippen LogP contribution in [0, 0.1) is 5.41 Å². The molecule has 0 spiro atoms. The summed E-state index contributed by atoms with van der Waals surface area (Å²) in [5.41, 5.74) is 0.0588. The first-order valence-electron chi connectivity index (χ1n) is 9.93. The Labute approximate surface area is 205 Å². The Morgan fingerprint density at radius 1 is 1.18 bits per heavy atom. The molecule has 176 valence electrons. The molecule has 6 nitrogen and oxygen atoms in total. The molecule has 11 heteroatoms. The number of amides is 1. The topological polar surface area (TPSA) is 75.0 Å². The van der Waals surface area contributed by atoms with Crippen molar-refractivity contribution in [3.8, 4) is 11.5 Å². The van der Waals surface area contributed by atoms with E-state index < -0.39 is 17.6 Å². The third-order valence-corrected chi connectivity index (χ3v) is 6.25. The largest absolute Gasteiger partial charge is 0.490 e. The highest BCUT2D eigenvalue weighted by Crippen LogP contribution is 2.34. The lowest BCUT2D eigenvalue weighted by molar-refractivity contribution is -0.137. The fraction of sp³-hybridized carbons (Fsp3) is 0.174. The van der Waals surface area contributed by atoms with Crippen molar-refractivity contribution in [3.05, 3.63) is 74.7 Å². The maximum Gasteiger partial charge on any atom is 0.416 e. The van der Waals surface area contributed by atoms with Gasteiger partial charge in [0.15, 0.2) is 5.17 Å². The van der Waals surface area contributed by atoms with Gasteiger partial charge in [0.05, 0.1) is 15.6 Å². The lowest BCUT2D eigenvalue weighted by Gasteiger charge is -2.22. The third-order valence-electron chi connectivity index (χ3n) is 4.73. The Kier molecular flexibility index (Phi) is 6.85. The number of aliphatic imine (C=N–C) groups is 1. The van der Waals surface area contributed by atoms with Crippen LogP contribution in [0.25, 0.3) is 6.08 Å². The van der Waals surface area contributed by atoms with Crippen molar-refractivity contribution in [2.75, 3.05) is 13.2 Å². The molecule has 0 saturated heterocycles. The Morgan fingerprint density at radius 2 is 1.94 bits per heavy atom. The third kappa shape index (κ3) is 5.36. The number of nitrogens with zero attached hydrogens (tertiary/aromatic N) is 2. The molecule has 2 aromatic rings. The summed E-state index contributed by atoms with van der Waals surface area (Å²) < 4.78 is 50.0. The Hall–Kier alpha value is -3.05. The SMILES string of the molecule is CC1=CN2C(=N)/C(=C\c3ccc(OCCOc4cccc(C(F)(F)F)c4)c(Br)c3)C(=O)N=C2S1. The Morgan fingerprint density at radius 3 is 2.68 bits per heavy atom. The number of carbonyl (C=O) groups excluding carboxylic acids is 1. The van der Waals surface area contributed by atoms with Gasteiger partial charge in [0, 0.05) is 11.1 Å². The average molecular weight is 552 g/mol. The Bertz CT molecular complexity index is 1260. The minimum absolute atomic E-state index is 0.0480. The van der Waals surface area contributed by atoms with E-state index in [1.807, 2.05) is 6.92 Å². The lowest BCUT2D eigenvalue weighted by atomic mass is 10.1. The number of allylic oxidation sites excluding steroid dienone is 1. The molecule has 0 aromatic heterocycles. The highest BCUT2D eigenvalue weighted by molar-refractivity contribution is 9.10. The lowest BCUT2D eigenvalue weighted by Crippen LogP contribution is -2.35. The summed E-state index contributed by atoms with van der Waals surface area (Å²) in [6, 6.07) is 9.78. The van der Waals surface area contributed by atoms with E-state index in [-0.39, 0.29) is 30.4 Å². The quantitative estimate of drug-likeness (QED) is 0.347.